The summed E-state index contributed by atoms with van der Waals surface area (Å²) in [6, 6.07) is 17.6. The molecule has 0 atom stereocenters. The normalized spacial score (nSPS) is 11.3. The number of fused-ring (bicyclic) bond motifs is 1. The van der Waals surface area contributed by atoms with E-state index in [2.05, 4.69) is 0 Å². The zero-order valence-corrected chi connectivity index (χ0v) is 25.6. The highest BCUT2D eigenvalue weighted by molar-refractivity contribution is 6.30. The summed E-state index contributed by atoms with van der Waals surface area (Å²) >= 11 is 6.10. The molecule has 1 heterocycles. The molecule has 0 unspecified atom stereocenters. The zero-order valence-electron chi connectivity index (χ0n) is 24.9. The lowest BCUT2D eigenvalue weighted by atomic mass is 10.0. The molecule has 0 saturated carbocycles. The first kappa shape index (κ1) is 31.7. The van der Waals surface area contributed by atoms with Crippen LogP contribution in [-0.2, 0) is 22.6 Å². The monoisotopic (exact) mass is 603 g/mol. The van der Waals surface area contributed by atoms with Gasteiger partial charge in [-0.25, -0.2) is 0 Å². The van der Waals surface area contributed by atoms with Gasteiger partial charge in [-0.3, -0.25) is 9.59 Å². The fraction of sp³-hybridized carbons (Fsp3) is 0.314. The molecule has 0 spiro atoms. The van der Waals surface area contributed by atoms with E-state index in [1.165, 1.54) is 0 Å². The van der Waals surface area contributed by atoms with E-state index in [1.54, 1.807) is 0 Å². The average Bonchev–Trinajstić information content (AvgIpc) is 3.21. The number of rotatable bonds is 15. The number of halogens is 1. The van der Waals surface area contributed by atoms with Crippen LogP contribution in [0, 0.1) is 20.8 Å². The van der Waals surface area contributed by atoms with Crippen LogP contribution in [0.4, 0.5) is 0 Å². The minimum Gasteiger partial charge on any atom is -0.494 e. The molecule has 4 rings (SSSR count). The highest BCUT2D eigenvalue weighted by Crippen LogP contribution is 2.31. The maximum absolute atomic E-state index is 11.7. The fourth-order valence-electron chi connectivity index (χ4n) is 5.39. The van der Waals surface area contributed by atoms with Gasteiger partial charge in [0, 0.05) is 22.5 Å². The number of nitrogens with zero attached hydrogens (tertiary/aromatic N) is 1. The molecule has 8 heteroatoms. The van der Waals surface area contributed by atoms with Crippen LogP contribution < -0.4 is 9.47 Å². The minimum absolute atomic E-state index is 0.0720. The van der Waals surface area contributed by atoms with Crippen LogP contribution in [-0.4, -0.2) is 39.9 Å². The van der Waals surface area contributed by atoms with Crippen LogP contribution in [0.25, 0.3) is 23.1 Å². The number of aliphatic carboxylic acids is 2. The second kappa shape index (κ2) is 14.8. The summed E-state index contributed by atoms with van der Waals surface area (Å²) in [5.41, 5.74) is 6.65. The lowest BCUT2D eigenvalue weighted by molar-refractivity contribution is -0.138. The van der Waals surface area contributed by atoms with Crippen LogP contribution in [0.2, 0.25) is 5.02 Å². The molecule has 0 aliphatic carbocycles. The van der Waals surface area contributed by atoms with Crippen molar-refractivity contribution < 1.29 is 29.3 Å². The summed E-state index contributed by atoms with van der Waals surface area (Å²) in [5, 5.41) is 20.3. The van der Waals surface area contributed by atoms with E-state index in [9.17, 15) is 14.7 Å². The van der Waals surface area contributed by atoms with Gasteiger partial charge in [0.2, 0.25) is 0 Å². The van der Waals surface area contributed by atoms with Gasteiger partial charge in [0.05, 0.1) is 18.7 Å². The Bertz CT molecular complexity index is 1600. The number of carboxylic acids is 2. The summed E-state index contributed by atoms with van der Waals surface area (Å²) < 4.78 is 13.7. The molecule has 0 radical (unpaired) electrons. The van der Waals surface area contributed by atoms with E-state index in [4.69, 9.17) is 26.2 Å². The Kier molecular flexibility index (Phi) is 10.9. The lowest BCUT2D eigenvalue weighted by Gasteiger charge is -2.13. The molecule has 1 aromatic heterocycles. The van der Waals surface area contributed by atoms with Gasteiger partial charge in [0.1, 0.15) is 18.0 Å². The molecule has 7 nitrogen and oxygen atoms in total. The molecular formula is C35H38ClNO6. The van der Waals surface area contributed by atoms with E-state index >= 15 is 0 Å². The number of aryl methyl sites for hydroxylation is 3. The Morgan fingerprint density at radius 1 is 0.860 bits per heavy atom. The maximum Gasteiger partial charge on any atom is 0.323 e. The molecule has 4 aromatic rings. The summed E-state index contributed by atoms with van der Waals surface area (Å²) in [6.07, 6.45) is 6.86. The molecule has 0 fully saturated rings. The SMILES string of the molecule is Cc1cc(Cl)cc(C)c1OCCCCOc1ccc(C=Cc2cccc3c(CCCC(=O)O)c(C)n(CC(=O)O)c23)cc1. The van der Waals surface area contributed by atoms with Crippen molar-refractivity contribution in [2.24, 2.45) is 0 Å². The first-order chi connectivity index (χ1) is 20.6. The predicted octanol–water partition coefficient (Wildman–Crippen LogP) is 8.12. The van der Waals surface area contributed by atoms with E-state index in [-0.39, 0.29) is 13.0 Å². The van der Waals surface area contributed by atoms with Gasteiger partial charge in [0.25, 0.3) is 0 Å². The summed E-state index contributed by atoms with van der Waals surface area (Å²) in [4.78, 5) is 22.7. The van der Waals surface area contributed by atoms with E-state index < -0.39 is 11.9 Å². The number of aromatic nitrogens is 1. The van der Waals surface area contributed by atoms with Gasteiger partial charge in [-0.15, -0.1) is 0 Å². The Morgan fingerprint density at radius 2 is 1.53 bits per heavy atom. The molecular weight excluding hydrogens is 566 g/mol. The number of unbranched alkanes of at least 4 members (excludes halogenated alkanes) is 1. The van der Waals surface area contributed by atoms with Crippen molar-refractivity contribution in [3.05, 3.63) is 93.1 Å². The van der Waals surface area contributed by atoms with Crippen molar-refractivity contribution in [1.29, 1.82) is 0 Å². The third-order valence-corrected chi connectivity index (χ3v) is 7.65. The fourth-order valence-corrected chi connectivity index (χ4v) is 5.71. The Balaban J connectivity index is 1.37. The number of ether oxygens (including phenoxy) is 2. The lowest BCUT2D eigenvalue weighted by Crippen LogP contribution is -2.10. The molecule has 0 aliphatic rings. The van der Waals surface area contributed by atoms with Gasteiger partial charge in [-0.05, 0) is 98.5 Å². The Morgan fingerprint density at radius 3 is 2.19 bits per heavy atom. The Hall–Kier alpha value is -4.23. The largest absolute Gasteiger partial charge is 0.494 e. The van der Waals surface area contributed by atoms with Crippen molar-refractivity contribution in [2.45, 2.75) is 59.4 Å². The minimum atomic E-state index is -0.925. The summed E-state index contributed by atoms with van der Waals surface area (Å²) in [7, 11) is 0. The quantitative estimate of drug-likeness (QED) is 0.105. The smallest absolute Gasteiger partial charge is 0.323 e. The third-order valence-electron chi connectivity index (χ3n) is 7.43. The van der Waals surface area contributed by atoms with Gasteiger partial charge in [-0.2, -0.15) is 0 Å². The topological polar surface area (TPSA) is 98.0 Å². The number of benzene rings is 3. The molecule has 43 heavy (non-hydrogen) atoms. The predicted molar refractivity (Wildman–Crippen MR) is 171 cm³/mol. The van der Waals surface area contributed by atoms with Crippen LogP contribution in [0.1, 0.15) is 59.2 Å². The number of hydrogen-bond donors (Lipinski definition) is 2. The highest BCUT2D eigenvalue weighted by atomic mass is 35.5. The number of carboxylic acid groups (broad SMARTS) is 2. The van der Waals surface area contributed by atoms with Crippen LogP contribution >= 0.6 is 11.6 Å². The van der Waals surface area contributed by atoms with Crippen LogP contribution in [0.5, 0.6) is 11.5 Å². The van der Waals surface area contributed by atoms with Gasteiger partial charge in [0.15, 0.2) is 0 Å². The van der Waals surface area contributed by atoms with Crippen molar-refractivity contribution >= 4 is 46.6 Å². The van der Waals surface area contributed by atoms with Crippen molar-refractivity contribution in [2.75, 3.05) is 13.2 Å². The third kappa shape index (κ3) is 8.42. The van der Waals surface area contributed by atoms with Crippen molar-refractivity contribution in [3.63, 3.8) is 0 Å². The number of carbonyl (C=O) groups is 2. The average molecular weight is 604 g/mol. The first-order valence-corrected chi connectivity index (χ1v) is 14.9. The van der Waals surface area contributed by atoms with Gasteiger partial charge >= 0.3 is 11.9 Å². The molecule has 0 aliphatic heterocycles. The van der Waals surface area contributed by atoms with E-state index in [0.717, 1.165) is 73.8 Å². The van der Waals surface area contributed by atoms with E-state index in [1.807, 2.05) is 92.1 Å². The summed E-state index contributed by atoms with van der Waals surface area (Å²) in [6.45, 7) is 6.94. The van der Waals surface area contributed by atoms with Gasteiger partial charge < -0.3 is 24.3 Å². The van der Waals surface area contributed by atoms with Crippen LogP contribution in [0.15, 0.2) is 54.6 Å². The number of para-hydroxylation sites is 1. The Labute approximate surface area is 257 Å². The second-order valence-electron chi connectivity index (χ2n) is 10.7. The van der Waals surface area contributed by atoms with E-state index in [0.29, 0.717) is 26.1 Å². The summed E-state index contributed by atoms with van der Waals surface area (Å²) in [5.74, 6) is -0.0734. The van der Waals surface area contributed by atoms with Crippen molar-refractivity contribution in [3.8, 4) is 11.5 Å². The van der Waals surface area contributed by atoms with Crippen LogP contribution in [0.3, 0.4) is 0 Å². The first-order valence-electron chi connectivity index (χ1n) is 14.5. The second-order valence-corrected chi connectivity index (χ2v) is 11.1. The zero-order chi connectivity index (χ0) is 30.9. The molecule has 226 valence electrons. The molecule has 3 aromatic carbocycles. The van der Waals surface area contributed by atoms with Gasteiger partial charge in [-0.1, -0.05) is 54.1 Å². The standard InChI is InChI=1S/C35H38ClNO6/c1-23-20-28(36)21-24(2)35(23)43-19-5-4-18-42-29-16-13-26(14-17-29)12-15-27-8-6-10-31-30(9-7-11-32(38)39)25(3)37(34(27)31)22-33(40)41/h6,8,10,12-17,20-21H,4-5,7,9,11,18-19,22H2,1-3H3,(H,38,39)(H,40,41). The molecule has 2 N–H and O–H groups in total. The highest BCUT2D eigenvalue weighted by Gasteiger charge is 2.18. The molecule has 0 amide bonds. The maximum atomic E-state index is 11.7. The molecule has 0 bridgehead atoms. The van der Waals surface area contributed by atoms with Crippen molar-refractivity contribution in [1.82, 2.24) is 4.57 Å². The molecule has 0 saturated heterocycles. The number of hydrogen-bond acceptors (Lipinski definition) is 4.